The first-order valence-electron chi connectivity index (χ1n) is 5.69. The largest absolute Gasteiger partial charge is 0.375 e. The fraction of sp³-hybridized carbons (Fsp3) is 0.538. The molecule has 0 heterocycles. The van der Waals surface area contributed by atoms with Crippen molar-refractivity contribution in [3.63, 3.8) is 0 Å². The van der Waals surface area contributed by atoms with Crippen molar-refractivity contribution in [2.75, 3.05) is 19.0 Å². The number of hydrogen-bond acceptors (Lipinski definition) is 2. The smallest absolute Gasteiger partial charge is 0.182 e. The summed E-state index contributed by atoms with van der Waals surface area (Å²) in [4.78, 5) is 1.61. The number of benzene rings is 1. The first-order valence-corrected chi connectivity index (χ1v) is 5.69. The highest BCUT2D eigenvalue weighted by Crippen LogP contribution is 2.59. The van der Waals surface area contributed by atoms with Crippen LogP contribution in [0.5, 0.6) is 0 Å². The number of nitrogens with two attached hydrogens (primary N) is 1. The molecule has 0 amide bonds. The van der Waals surface area contributed by atoms with E-state index < -0.39 is 11.6 Å². The van der Waals surface area contributed by atoms with E-state index in [0.717, 1.165) is 5.56 Å². The Morgan fingerprint density at radius 1 is 1.24 bits per heavy atom. The second kappa shape index (κ2) is 3.67. The van der Waals surface area contributed by atoms with Crippen LogP contribution < -0.4 is 10.6 Å². The van der Waals surface area contributed by atoms with Crippen molar-refractivity contribution in [2.24, 2.45) is 11.1 Å². The predicted octanol–water partition coefficient (Wildman–Crippen LogP) is 2.48. The molecule has 1 fully saturated rings. The van der Waals surface area contributed by atoms with Crippen LogP contribution in [0, 0.1) is 17.0 Å². The van der Waals surface area contributed by atoms with Crippen molar-refractivity contribution in [1.29, 1.82) is 0 Å². The Balaban J connectivity index is 2.53. The Labute approximate surface area is 100 Å². The summed E-state index contributed by atoms with van der Waals surface area (Å²) in [5, 5.41) is 0. The molecule has 0 aromatic heterocycles. The molecule has 17 heavy (non-hydrogen) atoms. The van der Waals surface area contributed by atoms with E-state index >= 15 is 0 Å². The first-order chi connectivity index (χ1) is 7.78. The monoisotopic (exact) mass is 240 g/mol. The van der Waals surface area contributed by atoms with Crippen molar-refractivity contribution in [2.45, 2.75) is 25.8 Å². The molecule has 0 saturated heterocycles. The molecule has 1 saturated carbocycles. The first kappa shape index (κ1) is 12.3. The minimum absolute atomic E-state index is 0.00561. The summed E-state index contributed by atoms with van der Waals surface area (Å²) >= 11 is 0. The van der Waals surface area contributed by atoms with Crippen molar-refractivity contribution in [3.8, 4) is 0 Å². The van der Waals surface area contributed by atoms with Crippen LogP contribution in [-0.4, -0.2) is 20.1 Å². The van der Waals surface area contributed by atoms with Gasteiger partial charge in [0, 0.05) is 26.1 Å². The molecule has 94 valence electrons. The van der Waals surface area contributed by atoms with Gasteiger partial charge in [-0.25, -0.2) is 8.78 Å². The topological polar surface area (TPSA) is 29.3 Å². The lowest BCUT2D eigenvalue weighted by Gasteiger charge is -2.19. The molecule has 2 rings (SSSR count). The maximum absolute atomic E-state index is 13.8. The molecular weight excluding hydrogens is 222 g/mol. The molecule has 0 unspecified atom stereocenters. The number of hydrogen-bond donors (Lipinski definition) is 1. The number of nitrogens with zero attached hydrogens (tertiary/aromatic N) is 1. The fourth-order valence-electron chi connectivity index (χ4n) is 2.53. The highest BCUT2D eigenvalue weighted by Gasteiger charge is 2.57. The van der Waals surface area contributed by atoms with E-state index in [1.807, 2.05) is 13.8 Å². The third-order valence-electron chi connectivity index (χ3n) is 3.79. The van der Waals surface area contributed by atoms with Crippen molar-refractivity contribution < 1.29 is 8.78 Å². The van der Waals surface area contributed by atoms with E-state index in [2.05, 4.69) is 0 Å². The lowest BCUT2D eigenvalue weighted by atomic mass is 10.0. The molecule has 0 radical (unpaired) electrons. The van der Waals surface area contributed by atoms with Gasteiger partial charge in [0.05, 0.1) is 5.69 Å². The molecule has 1 aliphatic carbocycles. The molecule has 4 heteroatoms. The van der Waals surface area contributed by atoms with Crippen LogP contribution in [0.3, 0.4) is 0 Å². The van der Waals surface area contributed by atoms with Crippen molar-refractivity contribution in [1.82, 2.24) is 0 Å². The van der Waals surface area contributed by atoms with Gasteiger partial charge in [0.1, 0.15) is 0 Å². The van der Waals surface area contributed by atoms with E-state index in [-0.39, 0.29) is 17.4 Å². The standard InChI is InChI=1S/C13H18F2N2/c1-13(2)9(12(13)16)7-5-6-8(14)10(15)11(7)17(3)4/h5-6,9,12H,16H2,1-4H3/t9-,12-/m1/s1. The lowest BCUT2D eigenvalue weighted by molar-refractivity contribution is 0.506. The van der Waals surface area contributed by atoms with E-state index in [1.165, 1.54) is 6.07 Å². The van der Waals surface area contributed by atoms with E-state index in [1.54, 1.807) is 25.1 Å². The maximum Gasteiger partial charge on any atom is 0.182 e. The zero-order valence-corrected chi connectivity index (χ0v) is 10.6. The fourth-order valence-corrected chi connectivity index (χ4v) is 2.53. The minimum atomic E-state index is -0.815. The molecule has 0 bridgehead atoms. The van der Waals surface area contributed by atoms with Crippen LogP contribution in [0.25, 0.3) is 0 Å². The van der Waals surface area contributed by atoms with Gasteiger partial charge < -0.3 is 10.6 Å². The van der Waals surface area contributed by atoms with Crippen LogP contribution in [-0.2, 0) is 0 Å². The highest BCUT2D eigenvalue weighted by molar-refractivity contribution is 5.59. The third kappa shape index (κ3) is 1.71. The normalized spacial score (nSPS) is 25.8. The Hall–Kier alpha value is -1.16. The summed E-state index contributed by atoms with van der Waals surface area (Å²) in [5.74, 6) is -1.51. The van der Waals surface area contributed by atoms with Crippen LogP contribution >= 0.6 is 0 Å². The average Bonchev–Trinajstić information content (AvgIpc) is 2.70. The van der Waals surface area contributed by atoms with Gasteiger partial charge in [0.25, 0.3) is 0 Å². The molecule has 1 aromatic rings. The Morgan fingerprint density at radius 2 is 1.76 bits per heavy atom. The zero-order valence-electron chi connectivity index (χ0n) is 10.6. The summed E-state index contributed by atoms with van der Waals surface area (Å²) in [5.41, 5.74) is 7.07. The lowest BCUT2D eigenvalue weighted by Crippen LogP contribution is -2.15. The summed E-state index contributed by atoms with van der Waals surface area (Å²) in [6.07, 6.45) is 0. The molecule has 0 aliphatic heterocycles. The van der Waals surface area contributed by atoms with E-state index in [9.17, 15) is 8.78 Å². The Morgan fingerprint density at radius 3 is 2.18 bits per heavy atom. The van der Waals surface area contributed by atoms with Crippen LogP contribution in [0.1, 0.15) is 25.3 Å². The molecule has 2 atom stereocenters. The van der Waals surface area contributed by atoms with E-state index in [4.69, 9.17) is 5.73 Å². The number of anilines is 1. The maximum atomic E-state index is 13.8. The van der Waals surface area contributed by atoms with Crippen LogP contribution in [0.15, 0.2) is 12.1 Å². The second-order valence-electron chi connectivity index (χ2n) is 5.52. The van der Waals surface area contributed by atoms with Gasteiger partial charge in [0.2, 0.25) is 0 Å². The molecule has 2 nitrogen and oxygen atoms in total. The Kier molecular flexibility index (Phi) is 2.65. The van der Waals surface area contributed by atoms with Crippen molar-refractivity contribution >= 4 is 5.69 Å². The van der Waals surface area contributed by atoms with Gasteiger partial charge in [0.15, 0.2) is 11.6 Å². The SMILES string of the molecule is CN(C)c1c([C@@H]2[C@@H](N)C2(C)C)ccc(F)c1F. The van der Waals surface area contributed by atoms with E-state index in [0.29, 0.717) is 5.69 Å². The van der Waals surface area contributed by atoms with Crippen LogP contribution in [0.2, 0.25) is 0 Å². The zero-order chi connectivity index (χ0) is 13.0. The Bertz CT molecular complexity index is 455. The number of rotatable bonds is 2. The highest BCUT2D eigenvalue weighted by atomic mass is 19.2. The third-order valence-corrected chi connectivity index (χ3v) is 3.79. The number of halogens is 2. The minimum Gasteiger partial charge on any atom is -0.375 e. The average molecular weight is 240 g/mol. The van der Waals surface area contributed by atoms with Gasteiger partial charge in [-0.1, -0.05) is 19.9 Å². The van der Waals surface area contributed by atoms with Crippen LogP contribution in [0.4, 0.5) is 14.5 Å². The van der Waals surface area contributed by atoms with Gasteiger partial charge in [-0.15, -0.1) is 0 Å². The molecule has 2 N–H and O–H groups in total. The molecule has 1 aromatic carbocycles. The van der Waals surface area contributed by atoms with Gasteiger partial charge >= 0.3 is 0 Å². The summed E-state index contributed by atoms with van der Waals surface area (Å²) in [6.45, 7) is 4.09. The summed E-state index contributed by atoms with van der Waals surface area (Å²) < 4.78 is 27.1. The van der Waals surface area contributed by atoms with Gasteiger partial charge in [-0.3, -0.25) is 0 Å². The van der Waals surface area contributed by atoms with Gasteiger partial charge in [-0.2, -0.15) is 0 Å². The van der Waals surface area contributed by atoms with Crippen molar-refractivity contribution in [3.05, 3.63) is 29.3 Å². The molecular formula is C13H18F2N2. The molecule has 0 spiro atoms. The quantitative estimate of drug-likeness (QED) is 0.860. The van der Waals surface area contributed by atoms with Gasteiger partial charge in [-0.05, 0) is 17.0 Å². The molecule has 1 aliphatic rings. The summed E-state index contributed by atoms with van der Waals surface area (Å²) in [7, 11) is 3.42. The second-order valence-corrected chi connectivity index (χ2v) is 5.52. The summed E-state index contributed by atoms with van der Waals surface area (Å²) in [6, 6.07) is 2.83. The predicted molar refractivity (Wildman–Crippen MR) is 65.2 cm³/mol.